The summed E-state index contributed by atoms with van der Waals surface area (Å²) in [6.07, 6.45) is 5.99. The monoisotopic (exact) mass is 470 g/mol. The fourth-order valence-corrected chi connectivity index (χ4v) is 4.79. The van der Waals surface area contributed by atoms with Crippen LogP contribution in [-0.4, -0.2) is 38.5 Å². The quantitative estimate of drug-likeness (QED) is 0.636. The molecule has 1 heterocycles. The molecule has 0 aliphatic heterocycles. The maximum Gasteiger partial charge on any atom is 0.253 e. The maximum absolute atomic E-state index is 13.5. The van der Waals surface area contributed by atoms with Crippen LogP contribution in [0.3, 0.4) is 0 Å². The summed E-state index contributed by atoms with van der Waals surface area (Å²) < 4.78 is 46.7. The Morgan fingerprint density at radius 2 is 1.97 bits per heavy atom. The van der Waals surface area contributed by atoms with Gasteiger partial charge in [0, 0.05) is 18.3 Å². The molecule has 9 heteroatoms. The van der Waals surface area contributed by atoms with Crippen molar-refractivity contribution in [1.82, 2.24) is 9.29 Å². The summed E-state index contributed by atoms with van der Waals surface area (Å²) in [4.78, 5) is 12.6. The Hall–Kier alpha value is -1.74. The van der Waals surface area contributed by atoms with Crippen LogP contribution in [0.15, 0.2) is 41.3 Å². The molecule has 1 atom stereocenters. The van der Waals surface area contributed by atoms with Crippen LogP contribution in [0.5, 0.6) is 0 Å². The van der Waals surface area contributed by atoms with E-state index in [1.54, 1.807) is 25.1 Å². The van der Waals surface area contributed by atoms with Crippen molar-refractivity contribution in [2.75, 3.05) is 19.4 Å². The standard InChI is InChI=1S/C22H28ClFN2O4S/c1-15-10-18(23)13-26(22(15)27)20(12-25-31(2,28)29)14-30-21-8-6-16(7-9-21)17-4-3-5-19(24)11-17/h3-5,10-11,13,16,20-21,25H,6-9,12,14H2,1-2H3. The molecule has 170 valence electrons. The second kappa shape index (κ2) is 10.3. The zero-order chi connectivity index (χ0) is 22.6. The van der Waals surface area contributed by atoms with Crippen molar-refractivity contribution >= 4 is 21.6 Å². The lowest BCUT2D eigenvalue weighted by atomic mass is 9.83. The van der Waals surface area contributed by atoms with Gasteiger partial charge >= 0.3 is 0 Å². The highest BCUT2D eigenvalue weighted by atomic mass is 35.5. The van der Waals surface area contributed by atoms with E-state index in [1.807, 2.05) is 6.07 Å². The highest BCUT2D eigenvalue weighted by Crippen LogP contribution is 2.34. The third-order valence-corrected chi connectivity index (χ3v) is 6.58. The molecule has 1 aromatic heterocycles. The van der Waals surface area contributed by atoms with Gasteiger partial charge in [-0.15, -0.1) is 0 Å². The van der Waals surface area contributed by atoms with E-state index in [-0.39, 0.29) is 30.6 Å². The number of hydrogen-bond acceptors (Lipinski definition) is 4. The summed E-state index contributed by atoms with van der Waals surface area (Å²) in [7, 11) is -3.43. The fourth-order valence-electron chi connectivity index (χ4n) is 4.03. The number of ether oxygens (including phenoxy) is 1. The van der Waals surface area contributed by atoms with Crippen LogP contribution in [0.25, 0.3) is 0 Å². The maximum atomic E-state index is 13.5. The average molecular weight is 471 g/mol. The predicted molar refractivity (Wildman–Crippen MR) is 120 cm³/mol. The molecular formula is C22H28ClFN2O4S. The first kappa shape index (κ1) is 23.9. The van der Waals surface area contributed by atoms with Crippen LogP contribution in [0, 0.1) is 12.7 Å². The average Bonchev–Trinajstić information content (AvgIpc) is 2.71. The van der Waals surface area contributed by atoms with Crippen molar-refractivity contribution in [1.29, 1.82) is 0 Å². The largest absolute Gasteiger partial charge is 0.376 e. The molecule has 1 aliphatic carbocycles. The molecule has 1 aromatic carbocycles. The smallest absolute Gasteiger partial charge is 0.253 e. The van der Waals surface area contributed by atoms with Gasteiger partial charge in [-0.1, -0.05) is 23.7 Å². The summed E-state index contributed by atoms with van der Waals surface area (Å²) in [6.45, 7) is 1.87. The Morgan fingerprint density at radius 3 is 2.61 bits per heavy atom. The van der Waals surface area contributed by atoms with Crippen LogP contribution in [0.1, 0.15) is 48.8 Å². The molecule has 3 rings (SSSR count). The predicted octanol–water partition coefficient (Wildman–Crippen LogP) is 3.78. The molecule has 1 unspecified atom stereocenters. The van der Waals surface area contributed by atoms with Gasteiger partial charge in [-0.05, 0) is 62.3 Å². The lowest BCUT2D eigenvalue weighted by Gasteiger charge is -2.30. The van der Waals surface area contributed by atoms with Gasteiger partial charge in [0.2, 0.25) is 10.0 Å². The molecule has 0 saturated heterocycles. The summed E-state index contributed by atoms with van der Waals surface area (Å²) in [5.74, 6) is 0.0794. The fraction of sp³-hybridized carbons (Fsp3) is 0.500. The number of nitrogens with one attached hydrogen (secondary N) is 1. The first-order valence-electron chi connectivity index (χ1n) is 10.3. The summed E-state index contributed by atoms with van der Waals surface area (Å²) in [5.41, 5.74) is 1.25. The van der Waals surface area contributed by atoms with Gasteiger partial charge in [-0.2, -0.15) is 0 Å². The van der Waals surface area contributed by atoms with Crippen LogP contribution >= 0.6 is 11.6 Å². The minimum atomic E-state index is -3.43. The Bertz CT molecular complexity index is 1070. The molecule has 1 saturated carbocycles. The van der Waals surface area contributed by atoms with E-state index in [0.717, 1.165) is 37.5 Å². The van der Waals surface area contributed by atoms with E-state index in [1.165, 1.54) is 16.8 Å². The summed E-state index contributed by atoms with van der Waals surface area (Å²) in [6, 6.07) is 7.78. The second-order valence-corrected chi connectivity index (χ2v) is 10.5. The Balaban J connectivity index is 1.65. The van der Waals surface area contributed by atoms with Crippen molar-refractivity contribution < 1.29 is 17.5 Å². The normalized spacial score (nSPS) is 20.5. The number of pyridine rings is 1. The molecule has 31 heavy (non-hydrogen) atoms. The van der Waals surface area contributed by atoms with Crippen molar-refractivity contribution in [2.45, 2.75) is 50.7 Å². The first-order chi connectivity index (χ1) is 14.6. The van der Waals surface area contributed by atoms with Gasteiger partial charge in [0.15, 0.2) is 0 Å². The Labute approximate surface area is 187 Å². The van der Waals surface area contributed by atoms with Crippen molar-refractivity contribution in [3.8, 4) is 0 Å². The highest BCUT2D eigenvalue weighted by Gasteiger charge is 2.25. The molecule has 0 amide bonds. The summed E-state index contributed by atoms with van der Waals surface area (Å²) in [5, 5.41) is 0.400. The third-order valence-electron chi connectivity index (χ3n) is 5.68. The van der Waals surface area contributed by atoms with Crippen LogP contribution in [-0.2, 0) is 14.8 Å². The zero-order valence-corrected chi connectivity index (χ0v) is 19.3. The first-order valence-corrected chi connectivity index (χ1v) is 12.6. The molecule has 0 radical (unpaired) electrons. The molecule has 0 bridgehead atoms. The molecule has 1 aliphatic rings. The van der Waals surface area contributed by atoms with Crippen molar-refractivity contribution in [2.24, 2.45) is 0 Å². The molecule has 1 fully saturated rings. The number of halogens is 2. The molecule has 2 aromatic rings. The second-order valence-electron chi connectivity index (χ2n) is 8.19. The number of sulfonamides is 1. The molecule has 1 N–H and O–H groups in total. The van der Waals surface area contributed by atoms with Gasteiger partial charge in [0.1, 0.15) is 5.82 Å². The number of aromatic nitrogens is 1. The van der Waals surface area contributed by atoms with E-state index in [9.17, 15) is 17.6 Å². The molecule has 0 spiro atoms. The minimum absolute atomic E-state index is 0.00141. The van der Waals surface area contributed by atoms with Crippen LogP contribution in [0.4, 0.5) is 4.39 Å². The SMILES string of the molecule is Cc1cc(Cl)cn(C(CNS(C)(=O)=O)COC2CCC(c3cccc(F)c3)CC2)c1=O. The van der Waals surface area contributed by atoms with Crippen molar-refractivity contribution in [3.63, 3.8) is 0 Å². The van der Waals surface area contributed by atoms with Crippen LogP contribution in [0.2, 0.25) is 5.02 Å². The van der Waals surface area contributed by atoms with E-state index in [2.05, 4.69) is 4.72 Å². The minimum Gasteiger partial charge on any atom is -0.376 e. The van der Waals surface area contributed by atoms with Gasteiger partial charge in [-0.25, -0.2) is 17.5 Å². The van der Waals surface area contributed by atoms with E-state index < -0.39 is 16.1 Å². The number of rotatable bonds is 8. The van der Waals surface area contributed by atoms with Gasteiger partial charge in [0.25, 0.3) is 5.56 Å². The lowest BCUT2D eigenvalue weighted by Crippen LogP contribution is -2.38. The zero-order valence-electron chi connectivity index (χ0n) is 17.7. The summed E-state index contributed by atoms with van der Waals surface area (Å²) >= 11 is 6.12. The van der Waals surface area contributed by atoms with E-state index >= 15 is 0 Å². The van der Waals surface area contributed by atoms with E-state index in [0.29, 0.717) is 16.5 Å². The number of nitrogens with zero attached hydrogens (tertiary/aromatic N) is 1. The Kier molecular flexibility index (Phi) is 7.91. The van der Waals surface area contributed by atoms with Crippen molar-refractivity contribution in [3.05, 3.63) is 68.8 Å². The van der Waals surface area contributed by atoms with Gasteiger partial charge in [-0.3, -0.25) is 4.79 Å². The third kappa shape index (κ3) is 6.87. The molecular weight excluding hydrogens is 443 g/mol. The number of benzene rings is 1. The molecule has 6 nitrogen and oxygen atoms in total. The van der Waals surface area contributed by atoms with E-state index in [4.69, 9.17) is 16.3 Å². The van der Waals surface area contributed by atoms with Crippen LogP contribution < -0.4 is 10.3 Å². The number of aryl methyl sites for hydroxylation is 1. The lowest BCUT2D eigenvalue weighted by molar-refractivity contribution is 0.00734. The number of hydrogen-bond donors (Lipinski definition) is 1. The Morgan fingerprint density at radius 1 is 1.26 bits per heavy atom. The van der Waals surface area contributed by atoms with Gasteiger partial charge < -0.3 is 9.30 Å². The highest BCUT2D eigenvalue weighted by molar-refractivity contribution is 7.88. The van der Waals surface area contributed by atoms with Gasteiger partial charge in [0.05, 0.1) is 30.0 Å². The topological polar surface area (TPSA) is 77.4 Å².